The normalized spacial score (nSPS) is 11.2. The van der Waals surface area contributed by atoms with E-state index in [2.05, 4.69) is 37.2 Å². The summed E-state index contributed by atoms with van der Waals surface area (Å²) < 4.78 is 0. The van der Waals surface area contributed by atoms with E-state index in [9.17, 15) is 0 Å². The number of nitrogens with two attached hydrogens (primary N) is 1. The first-order chi connectivity index (χ1) is 7.49. The molecule has 0 aliphatic carbocycles. The van der Waals surface area contributed by atoms with Crippen LogP contribution in [0.1, 0.15) is 26.5 Å². The van der Waals surface area contributed by atoms with Gasteiger partial charge in [-0.15, -0.1) is 6.58 Å². The van der Waals surface area contributed by atoms with E-state index >= 15 is 0 Å². The summed E-state index contributed by atoms with van der Waals surface area (Å²) in [6.45, 7) is 11.5. The maximum atomic E-state index is 5.60. The summed E-state index contributed by atoms with van der Waals surface area (Å²) in [6, 6.07) is 5.94. The van der Waals surface area contributed by atoms with Crippen LogP contribution in [0.15, 0.2) is 30.9 Å². The van der Waals surface area contributed by atoms with Crippen molar-refractivity contribution in [3.8, 4) is 0 Å². The molecule has 0 aliphatic heterocycles. The summed E-state index contributed by atoms with van der Waals surface area (Å²) in [6.07, 6.45) is 1.89. The zero-order valence-corrected chi connectivity index (χ0v) is 10.4. The number of hydrogen-bond acceptors (Lipinski definition) is 3. The van der Waals surface area contributed by atoms with E-state index in [1.54, 1.807) is 0 Å². The molecule has 88 valence electrons. The van der Waals surface area contributed by atoms with Crippen molar-refractivity contribution in [3.63, 3.8) is 0 Å². The van der Waals surface area contributed by atoms with E-state index in [1.165, 1.54) is 0 Å². The Balaban J connectivity index is 3.05. The van der Waals surface area contributed by atoms with Crippen LogP contribution in [0.5, 0.6) is 0 Å². The lowest BCUT2D eigenvalue weighted by Crippen LogP contribution is -2.42. The molecule has 0 aromatic carbocycles. The molecule has 0 saturated carbocycles. The van der Waals surface area contributed by atoms with Crippen LogP contribution in [0.25, 0.3) is 0 Å². The molecule has 1 aromatic heterocycles. The molecule has 0 unspecified atom stereocenters. The second kappa shape index (κ2) is 5.12. The van der Waals surface area contributed by atoms with E-state index in [1.807, 2.05) is 24.3 Å². The van der Waals surface area contributed by atoms with E-state index in [0.29, 0.717) is 6.54 Å². The van der Waals surface area contributed by atoms with Gasteiger partial charge in [-0.05, 0) is 32.9 Å². The van der Waals surface area contributed by atoms with Gasteiger partial charge in [0.25, 0.3) is 0 Å². The van der Waals surface area contributed by atoms with E-state index < -0.39 is 0 Å². The molecule has 3 nitrogen and oxygen atoms in total. The third-order valence-electron chi connectivity index (χ3n) is 2.40. The van der Waals surface area contributed by atoms with Crippen molar-refractivity contribution < 1.29 is 0 Å². The third-order valence-corrected chi connectivity index (χ3v) is 2.40. The lowest BCUT2D eigenvalue weighted by Gasteiger charge is -2.36. The zero-order valence-electron chi connectivity index (χ0n) is 10.4. The zero-order chi connectivity index (χ0) is 12.2. The van der Waals surface area contributed by atoms with Gasteiger partial charge in [0.05, 0.1) is 5.69 Å². The van der Waals surface area contributed by atoms with Crippen molar-refractivity contribution in [1.29, 1.82) is 0 Å². The van der Waals surface area contributed by atoms with Gasteiger partial charge in [0, 0.05) is 18.6 Å². The van der Waals surface area contributed by atoms with Gasteiger partial charge < -0.3 is 10.6 Å². The highest BCUT2D eigenvalue weighted by molar-refractivity contribution is 5.42. The van der Waals surface area contributed by atoms with E-state index in [-0.39, 0.29) is 5.54 Å². The third kappa shape index (κ3) is 3.07. The lowest BCUT2D eigenvalue weighted by molar-refractivity contribution is 0.517. The summed E-state index contributed by atoms with van der Waals surface area (Å²) in [5, 5.41) is 0. The molecule has 0 fully saturated rings. The molecule has 0 atom stereocenters. The monoisotopic (exact) mass is 219 g/mol. The van der Waals surface area contributed by atoms with Crippen molar-refractivity contribution in [1.82, 2.24) is 4.98 Å². The molecule has 0 bridgehead atoms. The van der Waals surface area contributed by atoms with Gasteiger partial charge in [-0.3, -0.25) is 0 Å². The average molecular weight is 219 g/mol. The first kappa shape index (κ1) is 12.7. The molecule has 16 heavy (non-hydrogen) atoms. The van der Waals surface area contributed by atoms with Crippen LogP contribution in [0.4, 0.5) is 5.82 Å². The van der Waals surface area contributed by atoms with E-state index in [0.717, 1.165) is 18.1 Å². The minimum absolute atomic E-state index is 0.0222. The highest BCUT2D eigenvalue weighted by Crippen LogP contribution is 2.21. The van der Waals surface area contributed by atoms with Gasteiger partial charge in [0.15, 0.2) is 0 Å². The highest BCUT2D eigenvalue weighted by atomic mass is 15.2. The molecule has 0 radical (unpaired) electrons. The van der Waals surface area contributed by atoms with Gasteiger partial charge >= 0.3 is 0 Å². The van der Waals surface area contributed by atoms with Crippen molar-refractivity contribution in [3.05, 3.63) is 36.5 Å². The number of pyridine rings is 1. The van der Waals surface area contributed by atoms with Gasteiger partial charge in [0.1, 0.15) is 5.82 Å². The van der Waals surface area contributed by atoms with Crippen molar-refractivity contribution in [2.24, 2.45) is 5.73 Å². The topological polar surface area (TPSA) is 42.1 Å². The molecule has 0 aliphatic rings. The molecule has 2 N–H and O–H groups in total. The average Bonchev–Trinajstić information content (AvgIpc) is 2.24. The minimum Gasteiger partial charge on any atom is -0.348 e. The standard InChI is InChI=1S/C13H21N3/c1-5-9-16(13(2,3)4)12-8-6-7-11(10-14)15-12/h5-8H,1,9-10,14H2,2-4H3. The van der Waals surface area contributed by atoms with Crippen LogP contribution in [0, 0.1) is 0 Å². The highest BCUT2D eigenvalue weighted by Gasteiger charge is 2.21. The first-order valence-corrected chi connectivity index (χ1v) is 5.53. The molecule has 0 saturated heterocycles. The smallest absolute Gasteiger partial charge is 0.129 e. The molecule has 0 spiro atoms. The number of aromatic nitrogens is 1. The Bertz CT molecular complexity index is 352. The Kier molecular flexibility index (Phi) is 4.07. The molecule has 1 aromatic rings. The summed E-state index contributed by atoms with van der Waals surface area (Å²) in [7, 11) is 0. The molecule has 0 amide bonds. The van der Waals surface area contributed by atoms with Crippen molar-refractivity contribution >= 4 is 5.82 Å². The largest absolute Gasteiger partial charge is 0.348 e. The number of anilines is 1. The maximum Gasteiger partial charge on any atom is 0.129 e. The fraction of sp³-hybridized carbons (Fsp3) is 0.462. The quantitative estimate of drug-likeness (QED) is 0.790. The number of hydrogen-bond donors (Lipinski definition) is 1. The van der Waals surface area contributed by atoms with Gasteiger partial charge in [0.2, 0.25) is 0 Å². The van der Waals surface area contributed by atoms with E-state index in [4.69, 9.17) is 5.73 Å². The fourth-order valence-electron chi connectivity index (χ4n) is 1.57. The van der Waals surface area contributed by atoms with Gasteiger partial charge in [-0.1, -0.05) is 12.1 Å². The Morgan fingerprint density at radius 2 is 2.12 bits per heavy atom. The van der Waals surface area contributed by atoms with Gasteiger partial charge in [-0.2, -0.15) is 0 Å². The molecular formula is C13H21N3. The Labute approximate surface area is 98.0 Å². The Morgan fingerprint density at radius 1 is 1.44 bits per heavy atom. The van der Waals surface area contributed by atoms with Crippen LogP contribution in [0.2, 0.25) is 0 Å². The van der Waals surface area contributed by atoms with Crippen LogP contribution in [-0.4, -0.2) is 17.1 Å². The minimum atomic E-state index is 0.0222. The Hall–Kier alpha value is -1.35. The predicted molar refractivity (Wildman–Crippen MR) is 69.4 cm³/mol. The Morgan fingerprint density at radius 3 is 2.62 bits per heavy atom. The fourth-order valence-corrected chi connectivity index (χ4v) is 1.57. The van der Waals surface area contributed by atoms with Crippen LogP contribution in [-0.2, 0) is 6.54 Å². The summed E-state index contributed by atoms with van der Waals surface area (Å²) in [4.78, 5) is 6.74. The van der Waals surface area contributed by atoms with Crippen LogP contribution in [0.3, 0.4) is 0 Å². The van der Waals surface area contributed by atoms with Crippen LogP contribution >= 0.6 is 0 Å². The van der Waals surface area contributed by atoms with Crippen molar-refractivity contribution in [2.75, 3.05) is 11.4 Å². The lowest BCUT2D eigenvalue weighted by atomic mass is 10.1. The first-order valence-electron chi connectivity index (χ1n) is 5.53. The summed E-state index contributed by atoms with van der Waals surface area (Å²) in [5.74, 6) is 0.954. The van der Waals surface area contributed by atoms with Crippen molar-refractivity contribution in [2.45, 2.75) is 32.9 Å². The maximum absolute atomic E-state index is 5.60. The summed E-state index contributed by atoms with van der Waals surface area (Å²) >= 11 is 0. The molecule has 3 heteroatoms. The number of nitrogens with zero attached hydrogens (tertiary/aromatic N) is 2. The predicted octanol–water partition coefficient (Wildman–Crippen LogP) is 2.33. The second-order valence-corrected chi connectivity index (χ2v) is 4.76. The summed E-state index contributed by atoms with van der Waals surface area (Å²) in [5.41, 5.74) is 6.54. The van der Waals surface area contributed by atoms with Crippen LogP contribution < -0.4 is 10.6 Å². The molecule has 1 heterocycles. The second-order valence-electron chi connectivity index (χ2n) is 4.76. The SMILES string of the molecule is C=CCN(c1cccc(CN)n1)C(C)(C)C. The molecular weight excluding hydrogens is 198 g/mol. The number of rotatable bonds is 4. The molecule has 1 rings (SSSR count). The van der Waals surface area contributed by atoms with Gasteiger partial charge in [-0.25, -0.2) is 4.98 Å².